The van der Waals surface area contributed by atoms with Gasteiger partial charge in [-0.3, -0.25) is 4.79 Å². The zero-order valence-corrected chi connectivity index (χ0v) is 14.1. The number of hydrogen-bond donors (Lipinski definition) is 2. The number of carbonyl (C=O) groups excluding carboxylic acids is 1. The Morgan fingerprint density at radius 2 is 1.81 bits per heavy atom. The van der Waals surface area contributed by atoms with Crippen LogP contribution in [-0.4, -0.2) is 22.5 Å². The second-order valence-electron chi connectivity index (χ2n) is 5.28. The van der Waals surface area contributed by atoms with Crippen molar-refractivity contribution in [1.29, 1.82) is 0 Å². The van der Waals surface area contributed by atoms with Gasteiger partial charge in [0.25, 0.3) is 5.91 Å². The third-order valence-corrected chi connectivity index (χ3v) is 3.47. The number of aromatic nitrogens is 2. The molecular weight excluding hydrogens is 335 g/mol. The van der Waals surface area contributed by atoms with Crippen molar-refractivity contribution < 1.29 is 13.9 Å². The number of halogens is 1. The molecule has 0 unspecified atom stereocenters. The molecule has 132 valence electrons. The molecule has 0 bridgehead atoms. The lowest BCUT2D eigenvalue weighted by molar-refractivity contribution is 0.102. The molecule has 7 heteroatoms. The van der Waals surface area contributed by atoms with Gasteiger partial charge in [-0.15, -0.1) is 0 Å². The Morgan fingerprint density at radius 3 is 2.58 bits per heavy atom. The van der Waals surface area contributed by atoms with Crippen LogP contribution in [0.1, 0.15) is 17.4 Å². The lowest BCUT2D eigenvalue weighted by atomic mass is 10.2. The van der Waals surface area contributed by atoms with Gasteiger partial charge in [-0.2, -0.15) is 0 Å². The van der Waals surface area contributed by atoms with E-state index >= 15 is 0 Å². The minimum atomic E-state index is -0.529. The third-order valence-electron chi connectivity index (χ3n) is 3.47. The number of carbonyl (C=O) groups is 1. The Labute approximate surface area is 150 Å². The zero-order valence-electron chi connectivity index (χ0n) is 14.1. The predicted octanol–water partition coefficient (Wildman–Crippen LogP) is 4.01. The maximum absolute atomic E-state index is 13.7. The molecule has 0 atom stereocenters. The van der Waals surface area contributed by atoms with Crippen LogP contribution in [0.3, 0.4) is 0 Å². The number of para-hydroxylation sites is 3. The van der Waals surface area contributed by atoms with Crippen LogP contribution in [-0.2, 0) is 0 Å². The summed E-state index contributed by atoms with van der Waals surface area (Å²) in [7, 11) is 0. The molecule has 6 nitrogen and oxygen atoms in total. The molecule has 0 saturated carbocycles. The quantitative estimate of drug-likeness (QED) is 0.701. The first kappa shape index (κ1) is 17.3. The first-order chi connectivity index (χ1) is 12.7. The van der Waals surface area contributed by atoms with Crippen LogP contribution in [0.2, 0.25) is 0 Å². The highest BCUT2D eigenvalue weighted by Gasteiger charge is 2.12. The molecule has 0 fully saturated rings. The summed E-state index contributed by atoms with van der Waals surface area (Å²) in [5.74, 6) is 0.0503. The number of anilines is 3. The van der Waals surface area contributed by atoms with E-state index in [2.05, 4.69) is 20.6 Å². The fourth-order valence-corrected chi connectivity index (χ4v) is 2.29. The van der Waals surface area contributed by atoms with Gasteiger partial charge in [0.1, 0.15) is 29.4 Å². The van der Waals surface area contributed by atoms with Gasteiger partial charge in [0.15, 0.2) is 0 Å². The summed E-state index contributed by atoms with van der Waals surface area (Å²) >= 11 is 0. The monoisotopic (exact) mass is 352 g/mol. The van der Waals surface area contributed by atoms with Gasteiger partial charge in [0.05, 0.1) is 18.0 Å². The zero-order chi connectivity index (χ0) is 18.4. The van der Waals surface area contributed by atoms with Gasteiger partial charge in [-0.05, 0) is 31.2 Å². The normalized spacial score (nSPS) is 10.2. The molecule has 1 amide bonds. The average molecular weight is 352 g/mol. The van der Waals surface area contributed by atoms with Crippen molar-refractivity contribution in [1.82, 2.24) is 9.97 Å². The van der Waals surface area contributed by atoms with Crippen LogP contribution >= 0.6 is 0 Å². The van der Waals surface area contributed by atoms with Crippen LogP contribution in [0, 0.1) is 5.82 Å². The Kier molecular flexibility index (Phi) is 5.38. The van der Waals surface area contributed by atoms with E-state index in [9.17, 15) is 9.18 Å². The van der Waals surface area contributed by atoms with E-state index in [1.807, 2.05) is 31.2 Å². The summed E-state index contributed by atoms with van der Waals surface area (Å²) in [6, 6.07) is 14.8. The van der Waals surface area contributed by atoms with E-state index in [1.165, 1.54) is 24.5 Å². The SMILES string of the molecule is CCOc1ccccc1Nc1cc(C(=O)Nc2ccccc2F)ncn1. The van der Waals surface area contributed by atoms with E-state index in [0.717, 1.165) is 0 Å². The van der Waals surface area contributed by atoms with Crippen LogP contribution < -0.4 is 15.4 Å². The van der Waals surface area contributed by atoms with Crippen molar-refractivity contribution in [3.8, 4) is 5.75 Å². The van der Waals surface area contributed by atoms with E-state index < -0.39 is 11.7 Å². The Bertz CT molecular complexity index is 917. The lowest BCUT2D eigenvalue weighted by Crippen LogP contribution is -2.15. The molecule has 1 heterocycles. The number of ether oxygens (including phenoxy) is 1. The smallest absolute Gasteiger partial charge is 0.274 e. The largest absolute Gasteiger partial charge is 0.492 e. The molecule has 0 radical (unpaired) electrons. The summed E-state index contributed by atoms with van der Waals surface area (Å²) in [6.07, 6.45) is 1.27. The van der Waals surface area contributed by atoms with Gasteiger partial charge in [0, 0.05) is 6.07 Å². The molecule has 0 aliphatic carbocycles. The lowest BCUT2D eigenvalue weighted by Gasteiger charge is -2.12. The number of benzene rings is 2. The highest BCUT2D eigenvalue weighted by atomic mass is 19.1. The van der Waals surface area contributed by atoms with Gasteiger partial charge in [-0.1, -0.05) is 24.3 Å². The number of amides is 1. The van der Waals surface area contributed by atoms with E-state index in [0.29, 0.717) is 23.9 Å². The Balaban J connectivity index is 1.78. The summed E-state index contributed by atoms with van der Waals surface area (Å²) in [5.41, 5.74) is 0.917. The number of nitrogens with one attached hydrogen (secondary N) is 2. The summed E-state index contributed by atoms with van der Waals surface area (Å²) in [4.78, 5) is 20.4. The highest BCUT2D eigenvalue weighted by molar-refractivity contribution is 6.03. The van der Waals surface area contributed by atoms with Crippen LogP contribution in [0.4, 0.5) is 21.6 Å². The van der Waals surface area contributed by atoms with Gasteiger partial charge in [-0.25, -0.2) is 14.4 Å². The first-order valence-corrected chi connectivity index (χ1v) is 8.04. The van der Waals surface area contributed by atoms with Crippen molar-refractivity contribution in [2.45, 2.75) is 6.92 Å². The molecule has 3 rings (SSSR count). The number of hydrogen-bond acceptors (Lipinski definition) is 5. The van der Waals surface area contributed by atoms with E-state index in [-0.39, 0.29) is 11.4 Å². The number of rotatable bonds is 6. The number of nitrogens with zero attached hydrogens (tertiary/aromatic N) is 2. The molecule has 0 aliphatic rings. The standard InChI is InChI=1S/C19H17FN4O2/c1-2-26-17-10-6-5-9-15(17)23-18-11-16(21-12-22-18)19(25)24-14-8-4-3-7-13(14)20/h3-12H,2H2,1H3,(H,24,25)(H,21,22,23). The Hall–Kier alpha value is -3.48. The molecule has 26 heavy (non-hydrogen) atoms. The van der Waals surface area contributed by atoms with Crippen LogP contribution in [0.25, 0.3) is 0 Å². The Morgan fingerprint density at radius 1 is 1.08 bits per heavy atom. The highest BCUT2D eigenvalue weighted by Crippen LogP contribution is 2.26. The van der Waals surface area contributed by atoms with E-state index in [1.54, 1.807) is 12.1 Å². The van der Waals surface area contributed by atoms with Crippen LogP contribution in [0.15, 0.2) is 60.9 Å². The molecule has 0 aliphatic heterocycles. The summed E-state index contributed by atoms with van der Waals surface area (Å²) < 4.78 is 19.2. The van der Waals surface area contributed by atoms with Crippen molar-refractivity contribution in [3.63, 3.8) is 0 Å². The molecule has 2 N–H and O–H groups in total. The molecule has 0 saturated heterocycles. The first-order valence-electron chi connectivity index (χ1n) is 8.04. The second kappa shape index (κ2) is 8.06. The third kappa shape index (κ3) is 4.13. The molecule has 1 aromatic heterocycles. The minimum Gasteiger partial charge on any atom is -0.492 e. The second-order valence-corrected chi connectivity index (χ2v) is 5.28. The molecule has 0 spiro atoms. The molecule has 3 aromatic rings. The maximum Gasteiger partial charge on any atom is 0.274 e. The average Bonchev–Trinajstić information content (AvgIpc) is 2.66. The van der Waals surface area contributed by atoms with Crippen molar-refractivity contribution in [2.24, 2.45) is 0 Å². The minimum absolute atomic E-state index is 0.0901. The van der Waals surface area contributed by atoms with Crippen molar-refractivity contribution in [3.05, 3.63) is 72.4 Å². The van der Waals surface area contributed by atoms with Crippen LogP contribution in [0.5, 0.6) is 5.75 Å². The fraction of sp³-hybridized carbons (Fsp3) is 0.105. The van der Waals surface area contributed by atoms with Gasteiger partial charge >= 0.3 is 0 Å². The predicted molar refractivity (Wildman–Crippen MR) is 97.3 cm³/mol. The molecule has 2 aromatic carbocycles. The summed E-state index contributed by atoms with van der Waals surface area (Å²) in [6.45, 7) is 2.42. The topological polar surface area (TPSA) is 76.1 Å². The van der Waals surface area contributed by atoms with E-state index in [4.69, 9.17) is 4.74 Å². The van der Waals surface area contributed by atoms with Crippen molar-refractivity contribution >= 4 is 23.1 Å². The maximum atomic E-state index is 13.7. The van der Waals surface area contributed by atoms with Crippen molar-refractivity contribution in [2.75, 3.05) is 17.2 Å². The summed E-state index contributed by atoms with van der Waals surface area (Å²) in [5, 5.41) is 5.59. The molecular formula is C19H17FN4O2. The van der Waals surface area contributed by atoms with Gasteiger partial charge < -0.3 is 15.4 Å². The van der Waals surface area contributed by atoms with Gasteiger partial charge in [0.2, 0.25) is 0 Å². The fourth-order valence-electron chi connectivity index (χ4n) is 2.29.